The minimum atomic E-state index is -0.366. The number of methoxy groups -OCH3 is 3. The number of nitrogens with one attached hydrogen (secondary N) is 2. The van der Waals surface area contributed by atoms with Gasteiger partial charge in [0.25, 0.3) is 0 Å². The summed E-state index contributed by atoms with van der Waals surface area (Å²) in [6, 6.07) is 9.92. The summed E-state index contributed by atoms with van der Waals surface area (Å²) in [7, 11) is 4.69. The van der Waals surface area contributed by atoms with E-state index in [-0.39, 0.29) is 12.1 Å². The summed E-state index contributed by atoms with van der Waals surface area (Å²) in [5.74, 6) is 1.86. The van der Waals surface area contributed by atoms with Crippen molar-refractivity contribution in [2.75, 3.05) is 26.6 Å². The van der Waals surface area contributed by atoms with Crippen LogP contribution >= 0.6 is 11.6 Å². The molecule has 0 aliphatic rings. The first-order chi connectivity index (χ1) is 12.0. The molecule has 2 aromatic rings. The standard InChI is InChI=1S/C18H21ClN2O4/c1-11(12-5-8-16(24-3)17(9-12)25-4)20-18(22)21-15-7-6-13(23-2)10-14(15)19/h5-11H,1-4H3,(H2,20,21,22). The van der Waals surface area contributed by atoms with Crippen molar-refractivity contribution in [3.05, 3.63) is 47.0 Å². The molecule has 0 aromatic heterocycles. The number of ether oxygens (including phenoxy) is 3. The normalized spacial score (nSPS) is 11.4. The largest absolute Gasteiger partial charge is 0.497 e. The van der Waals surface area contributed by atoms with Crippen LogP contribution in [0.5, 0.6) is 17.2 Å². The second-order valence-corrected chi connectivity index (χ2v) is 5.69. The van der Waals surface area contributed by atoms with Crippen LogP contribution in [-0.2, 0) is 0 Å². The van der Waals surface area contributed by atoms with E-state index >= 15 is 0 Å². The Morgan fingerprint density at radius 2 is 1.72 bits per heavy atom. The molecule has 0 bridgehead atoms. The molecular formula is C18H21ClN2O4. The second kappa shape index (κ2) is 8.48. The lowest BCUT2D eigenvalue weighted by Crippen LogP contribution is -2.31. The number of carbonyl (C=O) groups is 1. The van der Waals surface area contributed by atoms with Gasteiger partial charge in [-0.05, 0) is 36.8 Å². The number of anilines is 1. The van der Waals surface area contributed by atoms with Gasteiger partial charge in [-0.15, -0.1) is 0 Å². The highest BCUT2D eigenvalue weighted by Gasteiger charge is 2.14. The molecule has 1 atom stereocenters. The monoisotopic (exact) mass is 364 g/mol. The molecule has 0 radical (unpaired) electrons. The third-order valence-corrected chi connectivity index (χ3v) is 3.99. The first-order valence-corrected chi connectivity index (χ1v) is 7.99. The van der Waals surface area contributed by atoms with Gasteiger partial charge in [0.15, 0.2) is 11.5 Å². The summed E-state index contributed by atoms with van der Waals surface area (Å²) in [5.41, 5.74) is 1.38. The van der Waals surface area contributed by atoms with Crippen LogP contribution in [0.1, 0.15) is 18.5 Å². The summed E-state index contributed by atoms with van der Waals surface area (Å²) in [6.45, 7) is 1.87. The lowest BCUT2D eigenvalue weighted by Gasteiger charge is -2.17. The van der Waals surface area contributed by atoms with Crippen molar-refractivity contribution in [3.63, 3.8) is 0 Å². The molecule has 7 heteroatoms. The fourth-order valence-corrected chi connectivity index (χ4v) is 2.50. The maximum atomic E-state index is 12.2. The van der Waals surface area contributed by atoms with Crippen molar-refractivity contribution in [2.45, 2.75) is 13.0 Å². The number of hydrogen-bond acceptors (Lipinski definition) is 4. The smallest absolute Gasteiger partial charge is 0.319 e. The van der Waals surface area contributed by atoms with Crippen molar-refractivity contribution in [1.82, 2.24) is 5.32 Å². The van der Waals surface area contributed by atoms with E-state index < -0.39 is 0 Å². The summed E-state index contributed by atoms with van der Waals surface area (Å²) >= 11 is 6.13. The first kappa shape index (κ1) is 18.7. The van der Waals surface area contributed by atoms with Crippen molar-refractivity contribution >= 4 is 23.3 Å². The average molecular weight is 365 g/mol. The Morgan fingerprint density at radius 1 is 1.00 bits per heavy atom. The lowest BCUT2D eigenvalue weighted by molar-refractivity contribution is 0.249. The highest BCUT2D eigenvalue weighted by molar-refractivity contribution is 6.33. The highest BCUT2D eigenvalue weighted by Crippen LogP contribution is 2.30. The third kappa shape index (κ3) is 4.70. The average Bonchev–Trinajstić information content (AvgIpc) is 2.62. The zero-order valence-electron chi connectivity index (χ0n) is 14.6. The maximum absolute atomic E-state index is 12.2. The molecule has 0 aliphatic heterocycles. The van der Waals surface area contributed by atoms with Crippen LogP contribution in [0.4, 0.5) is 10.5 Å². The van der Waals surface area contributed by atoms with Gasteiger partial charge in [0, 0.05) is 6.07 Å². The van der Waals surface area contributed by atoms with Gasteiger partial charge in [0.1, 0.15) is 5.75 Å². The van der Waals surface area contributed by atoms with Gasteiger partial charge in [-0.1, -0.05) is 17.7 Å². The van der Waals surface area contributed by atoms with E-state index in [4.69, 9.17) is 25.8 Å². The number of urea groups is 1. The molecule has 6 nitrogen and oxygen atoms in total. The van der Waals surface area contributed by atoms with Crippen molar-refractivity contribution in [1.29, 1.82) is 0 Å². The van der Waals surface area contributed by atoms with E-state index in [9.17, 15) is 4.79 Å². The molecule has 2 aromatic carbocycles. The predicted octanol–water partition coefficient (Wildman–Crippen LogP) is 4.25. The van der Waals surface area contributed by atoms with Crippen LogP contribution in [0.2, 0.25) is 5.02 Å². The molecule has 0 fully saturated rings. The van der Waals surface area contributed by atoms with Gasteiger partial charge in [0.2, 0.25) is 0 Å². The fourth-order valence-electron chi connectivity index (χ4n) is 2.28. The Labute approximate surface area is 152 Å². The maximum Gasteiger partial charge on any atom is 0.319 e. The van der Waals surface area contributed by atoms with E-state index in [0.717, 1.165) is 5.56 Å². The van der Waals surface area contributed by atoms with E-state index in [1.165, 1.54) is 0 Å². The van der Waals surface area contributed by atoms with E-state index in [2.05, 4.69) is 10.6 Å². The lowest BCUT2D eigenvalue weighted by atomic mass is 10.1. The Balaban J connectivity index is 2.05. The molecule has 0 saturated heterocycles. The molecular weight excluding hydrogens is 344 g/mol. The van der Waals surface area contributed by atoms with Crippen molar-refractivity contribution in [3.8, 4) is 17.2 Å². The van der Waals surface area contributed by atoms with Crippen molar-refractivity contribution in [2.24, 2.45) is 0 Å². The first-order valence-electron chi connectivity index (χ1n) is 7.61. The molecule has 25 heavy (non-hydrogen) atoms. The topological polar surface area (TPSA) is 68.8 Å². The number of rotatable bonds is 6. The SMILES string of the molecule is COc1ccc(NC(=O)NC(C)c2ccc(OC)c(OC)c2)c(Cl)c1. The number of benzene rings is 2. The highest BCUT2D eigenvalue weighted by atomic mass is 35.5. The summed E-state index contributed by atoms with van der Waals surface area (Å²) in [4.78, 5) is 12.2. The van der Waals surface area contributed by atoms with Gasteiger partial charge >= 0.3 is 6.03 Å². The molecule has 0 spiro atoms. The molecule has 2 rings (SSSR count). The number of amides is 2. The van der Waals surface area contributed by atoms with Gasteiger partial charge < -0.3 is 24.8 Å². The quantitative estimate of drug-likeness (QED) is 0.804. The van der Waals surface area contributed by atoms with E-state index in [1.54, 1.807) is 45.6 Å². The minimum Gasteiger partial charge on any atom is -0.497 e. The zero-order chi connectivity index (χ0) is 18.4. The van der Waals surface area contributed by atoms with Crippen LogP contribution < -0.4 is 24.8 Å². The summed E-state index contributed by atoms with van der Waals surface area (Å²) in [5, 5.41) is 5.97. The molecule has 0 heterocycles. The second-order valence-electron chi connectivity index (χ2n) is 5.28. The van der Waals surface area contributed by atoms with Gasteiger partial charge in [0.05, 0.1) is 38.1 Å². The molecule has 2 N–H and O–H groups in total. The Kier molecular flexibility index (Phi) is 6.36. The summed E-state index contributed by atoms with van der Waals surface area (Å²) < 4.78 is 15.6. The number of hydrogen-bond donors (Lipinski definition) is 2. The molecule has 0 saturated carbocycles. The summed E-state index contributed by atoms with van der Waals surface area (Å²) in [6.07, 6.45) is 0. The molecule has 0 aliphatic carbocycles. The number of carbonyl (C=O) groups excluding carboxylic acids is 1. The predicted molar refractivity (Wildman–Crippen MR) is 98.1 cm³/mol. The van der Waals surface area contributed by atoms with Crippen LogP contribution in [0.3, 0.4) is 0 Å². The van der Waals surface area contributed by atoms with Crippen LogP contribution in [-0.4, -0.2) is 27.4 Å². The fraction of sp³-hybridized carbons (Fsp3) is 0.278. The zero-order valence-corrected chi connectivity index (χ0v) is 15.3. The van der Waals surface area contributed by atoms with Gasteiger partial charge in [-0.3, -0.25) is 0 Å². The number of halogens is 1. The molecule has 1 unspecified atom stereocenters. The Morgan fingerprint density at radius 3 is 2.32 bits per heavy atom. The minimum absolute atomic E-state index is 0.239. The van der Waals surface area contributed by atoms with E-state index in [1.807, 2.05) is 19.1 Å². The Hall–Kier alpha value is -2.60. The van der Waals surface area contributed by atoms with E-state index in [0.29, 0.717) is 28.0 Å². The van der Waals surface area contributed by atoms with Crippen LogP contribution in [0.15, 0.2) is 36.4 Å². The van der Waals surface area contributed by atoms with Crippen LogP contribution in [0, 0.1) is 0 Å². The molecule has 2 amide bonds. The molecule has 134 valence electrons. The van der Waals surface area contributed by atoms with Gasteiger partial charge in [-0.25, -0.2) is 4.79 Å². The van der Waals surface area contributed by atoms with Crippen molar-refractivity contribution < 1.29 is 19.0 Å². The van der Waals surface area contributed by atoms with Gasteiger partial charge in [-0.2, -0.15) is 0 Å². The Bertz CT molecular complexity index is 752. The van der Waals surface area contributed by atoms with Crippen LogP contribution in [0.25, 0.3) is 0 Å². The third-order valence-electron chi connectivity index (χ3n) is 3.68.